The number of pyridine rings is 1. The number of aromatic nitrogens is 1. The van der Waals surface area contributed by atoms with Crippen LogP contribution in [0.25, 0.3) is 0 Å². The van der Waals surface area contributed by atoms with E-state index >= 15 is 0 Å². The minimum Gasteiger partial charge on any atom is -0.315 e. The Bertz CT molecular complexity index is 351. The van der Waals surface area contributed by atoms with Gasteiger partial charge in [0.2, 0.25) is 0 Å². The molecule has 1 aliphatic heterocycles. The van der Waals surface area contributed by atoms with Gasteiger partial charge in [-0.25, -0.2) is 0 Å². The third kappa shape index (κ3) is 1.99. The minimum absolute atomic E-state index is 0.127. The van der Waals surface area contributed by atoms with E-state index in [0.29, 0.717) is 6.04 Å². The lowest BCUT2D eigenvalue weighted by atomic mass is 10.0. The van der Waals surface area contributed by atoms with Gasteiger partial charge in [0.15, 0.2) is 0 Å². The molecule has 15 heavy (non-hydrogen) atoms. The number of likely N-dealkylation sites (N-methyl/N-ethyl adjacent to an activating group) is 1. The number of rotatable bonds is 3. The van der Waals surface area contributed by atoms with Gasteiger partial charge in [-0.15, -0.1) is 0 Å². The highest BCUT2D eigenvalue weighted by molar-refractivity contribution is 5.22. The number of hydrogen-bond acceptors (Lipinski definition) is 4. The Labute approximate surface area is 89.5 Å². The molecule has 0 spiro atoms. The minimum atomic E-state index is -0.127. The van der Waals surface area contributed by atoms with Gasteiger partial charge in [-0.1, -0.05) is 0 Å². The van der Waals surface area contributed by atoms with Gasteiger partial charge in [0.25, 0.3) is 0 Å². The van der Waals surface area contributed by atoms with E-state index in [0.717, 1.165) is 18.7 Å². The fourth-order valence-electron chi connectivity index (χ4n) is 1.82. The lowest BCUT2D eigenvalue weighted by Crippen LogP contribution is -2.57. The molecule has 1 saturated heterocycles. The van der Waals surface area contributed by atoms with Crippen molar-refractivity contribution >= 4 is 0 Å². The largest absolute Gasteiger partial charge is 0.315 e. The molecule has 2 heterocycles. The predicted molar refractivity (Wildman–Crippen MR) is 57.0 cm³/mol. The maximum absolute atomic E-state index is 9.14. The average molecular weight is 202 g/mol. The molecule has 0 aromatic carbocycles. The molecule has 78 valence electrons. The molecular weight excluding hydrogens is 188 g/mol. The monoisotopic (exact) mass is 202 g/mol. The summed E-state index contributed by atoms with van der Waals surface area (Å²) in [5.41, 5.74) is 1.03. The molecule has 1 fully saturated rings. The highest BCUT2D eigenvalue weighted by Gasteiger charge is 2.31. The van der Waals surface area contributed by atoms with Crippen molar-refractivity contribution in [2.45, 2.75) is 12.1 Å². The molecule has 0 amide bonds. The lowest BCUT2D eigenvalue weighted by molar-refractivity contribution is 0.104. The Morgan fingerprint density at radius 2 is 2.20 bits per heavy atom. The van der Waals surface area contributed by atoms with Crippen molar-refractivity contribution < 1.29 is 0 Å². The van der Waals surface area contributed by atoms with Gasteiger partial charge in [-0.05, 0) is 24.7 Å². The van der Waals surface area contributed by atoms with Crippen LogP contribution in [0, 0.1) is 11.3 Å². The zero-order valence-electron chi connectivity index (χ0n) is 8.72. The van der Waals surface area contributed by atoms with Crippen LogP contribution >= 0.6 is 0 Å². The first-order valence-corrected chi connectivity index (χ1v) is 5.06. The summed E-state index contributed by atoms with van der Waals surface area (Å²) in [7, 11) is 1.95. The van der Waals surface area contributed by atoms with Crippen LogP contribution in [0.1, 0.15) is 11.6 Å². The van der Waals surface area contributed by atoms with Crippen LogP contribution in [0.5, 0.6) is 0 Å². The summed E-state index contributed by atoms with van der Waals surface area (Å²) in [6.45, 7) is 1.88. The second-order valence-electron chi connectivity index (χ2n) is 3.75. The zero-order chi connectivity index (χ0) is 10.7. The van der Waals surface area contributed by atoms with E-state index in [2.05, 4.69) is 21.3 Å². The Balaban J connectivity index is 2.04. The van der Waals surface area contributed by atoms with Gasteiger partial charge >= 0.3 is 0 Å². The number of hydrogen-bond donors (Lipinski definition) is 1. The Hall–Kier alpha value is -1.44. The summed E-state index contributed by atoms with van der Waals surface area (Å²) < 4.78 is 0. The summed E-state index contributed by atoms with van der Waals surface area (Å²) in [5.74, 6) is 0. The molecule has 1 atom stereocenters. The molecule has 0 radical (unpaired) electrons. The van der Waals surface area contributed by atoms with E-state index in [1.54, 1.807) is 12.4 Å². The van der Waals surface area contributed by atoms with E-state index in [1.807, 2.05) is 19.2 Å². The van der Waals surface area contributed by atoms with Crippen molar-refractivity contribution in [1.82, 2.24) is 15.2 Å². The van der Waals surface area contributed by atoms with Crippen LogP contribution in [-0.2, 0) is 0 Å². The van der Waals surface area contributed by atoms with Crippen molar-refractivity contribution in [3.8, 4) is 6.07 Å². The second kappa shape index (κ2) is 4.39. The first kappa shape index (κ1) is 10.1. The molecule has 0 bridgehead atoms. The fraction of sp³-hybridized carbons (Fsp3) is 0.455. The topological polar surface area (TPSA) is 52.0 Å². The SMILES string of the molecule is CNC1CN([C@H](C#N)c2ccncc2)C1. The van der Waals surface area contributed by atoms with Gasteiger partial charge in [-0.2, -0.15) is 5.26 Å². The van der Waals surface area contributed by atoms with Crippen molar-refractivity contribution in [3.05, 3.63) is 30.1 Å². The van der Waals surface area contributed by atoms with Gasteiger partial charge < -0.3 is 5.32 Å². The third-order valence-corrected chi connectivity index (χ3v) is 2.83. The third-order valence-electron chi connectivity index (χ3n) is 2.83. The molecule has 4 nitrogen and oxygen atoms in total. The van der Waals surface area contributed by atoms with Crippen molar-refractivity contribution in [2.24, 2.45) is 0 Å². The van der Waals surface area contributed by atoms with Crippen molar-refractivity contribution in [3.63, 3.8) is 0 Å². The lowest BCUT2D eigenvalue weighted by Gasteiger charge is -2.41. The first-order chi connectivity index (χ1) is 7.35. The number of likely N-dealkylation sites (tertiary alicyclic amines) is 1. The predicted octanol–water partition coefficient (Wildman–Crippen LogP) is 0.550. The van der Waals surface area contributed by atoms with Crippen LogP contribution in [0.2, 0.25) is 0 Å². The molecule has 1 aliphatic rings. The van der Waals surface area contributed by atoms with E-state index in [-0.39, 0.29) is 6.04 Å². The highest BCUT2D eigenvalue weighted by Crippen LogP contribution is 2.24. The summed E-state index contributed by atoms with van der Waals surface area (Å²) in [5, 5.41) is 12.3. The van der Waals surface area contributed by atoms with E-state index in [1.165, 1.54) is 0 Å². The number of nitrogens with zero attached hydrogens (tertiary/aromatic N) is 3. The molecular formula is C11H14N4. The Kier molecular flexibility index (Phi) is 2.95. The van der Waals surface area contributed by atoms with Gasteiger partial charge in [0.05, 0.1) is 6.07 Å². The second-order valence-corrected chi connectivity index (χ2v) is 3.75. The quantitative estimate of drug-likeness (QED) is 0.777. The van der Waals surface area contributed by atoms with E-state index in [4.69, 9.17) is 5.26 Å². The van der Waals surface area contributed by atoms with Crippen LogP contribution in [-0.4, -0.2) is 36.1 Å². The van der Waals surface area contributed by atoms with E-state index < -0.39 is 0 Å². The van der Waals surface area contributed by atoms with Crippen molar-refractivity contribution in [2.75, 3.05) is 20.1 Å². The maximum atomic E-state index is 9.14. The fourth-order valence-corrected chi connectivity index (χ4v) is 1.82. The molecule has 0 unspecified atom stereocenters. The van der Waals surface area contributed by atoms with Gasteiger partial charge in [-0.3, -0.25) is 9.88 Å². The molecule has 1 aromatic rings. The van der Waals surface area contributed by atoms with E-state index in [9.17, 15) is 0 Å². The van der Waals surface area contributed by atoms with Gasteiger partial charge in [0, 0.05) is 31.5 Å². The number of nitriles is 1. The van der Waals surface area contributed by atoms with Crippen LogP contribution in [0.15, 0.2) is 24.5 Å². The zero-order valence-corrected chi connectivity index (χ0v) is 8.72. The van der Waals surface area contributed by atoms with Crippen LogP contribution in [0.4, 0.5) is 0 Å². The normalized spacial score (nSPS) is 19.2. The summed E-state index contributed by atoms with van der Waals surface area (Å²) in [4.78, 5) is 6.12. The first-order valence-electron chi connectivity index (χ1n) is 5.06. The highest BCUT2D eigenvalue weighted by atomic mass is 15.3. The standard InChI is InChI=1S/C11H14N4/c1-13-10-7-15(8-10)11(6-12)9-2-4-14-5-3-9/h2-5,10-11,13H,7-8H2,1H3/t11-/m1/s1. The van der Waals surface area contributed by atoms with Crippen molar-refractivity contribution in [1.29, 1.82) is 5.26 Å². The molecule has 2 rings (SSSR count). The summed E-state index contributed by atoms with van der Waals surface area (Å²) >= 11 is 0. The molecule has 1 N–H and O–H groups in total. The Morgan fingerprint density at radius 3 is 2.73 bits per heavy atom. The maximum Gasteiger partial charge on any atom is 0.124 e. The molecule has 1 aromatic heterocycles. The Morgan fingerprint density at radius 1 is 1.53 bits per heavy atom. The summed E-state index contributed by atoms with van der Waals surface area (Å²) in [6.07, 6.45) is 3.46. The molecule has 0 saturated carbocycles. The number of nitrogens with one attached hydrogen (secondary N) is 1. The average Bonchev–Trinajstić information content (AvgIpc) is 2.24. The molecule has 4 heteroatoms. The molecule has 0 aliphatic carbocycles. The van der Waals surface area contributed by atoms with Gasteiger partial charge in [0.1, 0.15) is 6.04 Å². The smallest absolute Gasteiger partial charge is 0.124 e. The summed E-state index contributed by atoms with van der Waals surface area (Å²) in [6, 6.07) is 6.55. The van der Waals surface area contributed by atoms with Crippen LogP contribution in [0.3, 0.4) is 0 Å². The van der Waals surface area contributed by atoms with Crippen LogP contribution < -0.4 is 5.32 Å².